The maximum absolute atomic E-state index is 10.9. The summed E-state index contributed by atoms with van der Waals surface area (Å²) in [6.45, 7) is -0.190. The highest BCUT2D eigenvalue weighted by molar-refractivity contribution is 4.66. The van der Waals surface area contributed by atoms with Gasteiger partial charge in [0.1, 0.15) is 6.73 Å². The molecule has 0 radical (unpaired) electrons. The van der Waals surface area contributed by atoms with Crippen LogP contribution in [0.15, 0.2) is 14.4 Å². The number of nitrogens with one attached hydrogen (secondary N) is 2. The smallest absolute Gasteiger partial charge is 0.335 e. The van der Waals surface area contributed by atoms with Crippen LogP contribution >= 0.6 is 0 Å². The third-order valence-electron chi connectivity index (χ3n) is 1.19. The van der Waals surface area contributed by atoms with Gasteiger partial charge < -0.3 is 4.74 Å². The second-order valence-corrected chi connectivity index (χ2v) is 2.04. The van der Waals surface area contributed by atoms with Gasteiger partial charge in [-0.2, -0.15) is 0 Å². The quantitative estimate of drug-likeness (QED) is 0.531. The molecule has 0 amide bonds. The summed E-state index contributed by atoms with van der Waals surface area (Å²) in [5, 5.41) is 0. The maximum Gasteiger partial charge on any atom is 0.335 e. The third-order valence-corrected chi connectivity index (χ3v) is 1.19. The lowest BCUT2D eigenvalue weighted by Crippen LogP contribution is -2.43. The van der Waals surface area contributed by atoms with Crippen molar-refractivity contribution in [2.24, 2.45) is 0 Å². The van der Waals surface area contributed by atoms with E-state index < -0.39 is 17.1 Å². The summed E-state index contributed by atoms with van der Waals surface area (Å²) < 4.78 is 5.27. The lowest BCUT2D eigenvalue weighted by Gasteiger charge is -1.98. The number of ether oxygens (including phenoxy) is 1. The molecule has 0 bridgehead atoms. The van der Waals surface area contributed by atoms with E-state index in [9.17, 15) is 14.4 Å². The van der Waals surface area contributed by atoms with Crippen LogP contribution < -0.4 is 17.1 Å². The molecule has 0 aromatic carbocycles. The van der Waals surface area contributed by atoms with E-state index in [0.717, 1.165) is 4.57 Å². The molecule has 2 N–H and O–H groups in total. The van der Waals surface area contributed by atoms with E-state index >= 15 is 0 Å². The van der Waals surface area contributed by atoms with Gasteiger partial charge in [-0.25, -0.2) is 19.0 Å². The van der Waals surface area contributed by atoms with Gasteiger partial charge in [-0.3, -0.25) is 9.97 Å². The number of aromatic nitrogens is 3. The SMILES string of the molecule is COCn1c(=O)[nH]c(=O)[nH]c1=O. The van der Waals surface area contributed by atoms with Gasteiger partial charge in [0.25, 0.3) is 0 Å². The van der Waals surface area contributed by atoms with E-state index in [4.69, 9.17) is 0 Å². The van der Waals surface area contributed by atoms with Crippen LogP contribution in [-0.4, -0.2) is 21.6 Å². The van der Waals surface area contributed by atoms with Crippen molar-refractivity contribution < 1.29 is 4.74 Å². The van der Waals surface area contributed by atoms with Gasteiger partial charge >= 0.3 is 17.1 Å². The van der Waals surface area contributed by atoms with E-state index in [-0.39, 0.29) is 6.73 Å². The van der Waals surface area contributed by atoms with Gasteiger partial charge in [-0.05, 0) is 0 Å². The van der Waals surface area contributed by atoms with Gasteiger partial charge in [-0.15, -0.1) is 0 Å². The molecule has 0 aliphatic carbocycles. The summed E-state index contributed by atoms with van der Waals surface area (Å²) in [6.07, 6.45) is 0. The normalized spacial score (nSPS) is 10.1. The van der Waals surface area contributed by atoms with Crippen LogP contribution in [0.4, 0.5) is 0 Å². The molecule has 66 valence electrons. The topological polar surface area (TPSA) is 96.9 Å². The number of aromatic amines is 2. The van der Waals surface area contributed by atoms with Crippen molar-refractivity contribution >= 4 is 0 Å². The van der Waals surface area contributed by atoms with Crippen LogP contribution in [0.2, 0.25) is 0 Å². The molecular weight excluding hydrogens is 166 g/mol. The number of rotatable bonds is 2. The first-order valence-corrected chi connectivity index (χ1v) is 3.07. The minimum absolute atomic E-state index is 0.190. The molecule has 0 fully saturated rings. The standard InChI is InChI=1S/C5H7N3O4/c1-12-2-8-4(10)6-3(9)7-5(8)11/h2H2,1H3,(H2,6,7,9,10,11). The molecule has 0 aliphatic rings. The van der Waals surface area contributed by atoms with Crippen LogP contribution in [0.25, 0.3) is 0 Å². The Morgan fingerprint density at radius 1 is 1.25 bits per heavy atom. The zero-order valence-electron chi connectivity index (χ0n) is 6.29. The van der Waals surface area contributed by atoms with Crippen molar-refractivity contribution in [3.8, 4) is 0 Å². The van der Waals surface area contributed by atoms with Crippen LogP contribution in [0.3, 0.4) is 0 Å². The monoisotopic (exact) mass is 173 g/mol. The summed E-state index contributed by atoms with van der Waals surface area (Å²) >= 11 is 0. The summed E-state index contributed by atoms with van der Waals surface area (Å²) in [5.41, 5.74) is -2.39. The third kappa shape index (κ3) is 1.51. The number of methoxy groups -OCH3 is 1. The number of nitrogens with zero attached hydrogens (tertiary/aromatic N) is 1. The highest BCUT2D eigenvalue weighted by Crippen LogP contribution is 1.66. The van der Waals surface area contributed by atoms with Crippen LogP contribution in [0.1, 0.15) is 0 Å². The van der Waals surface area contributed by atoms with Crippen LogP contribution in [0, 0.1) is 0 Å². The lowest BCUT2D eigenvalue weighted by molar-refractivity contribution is 0.122. The van der Waals surface area contributed by atoms with Gasteiger partial charge in [0.15, 0.2) is 0 Å². The molecule has 1 heterocycles. The molecule has 7 heteroatoms. The van der Waals surface area contributed by atoms with Gasteiger partial charge in [0, 0.05) is 7.11 Å². The second kappa shape index (κ2) is 3.18. The maximum atomic E-state index is 10.9. The lowest BCUT2D eigenvalue weighted by atomic mass is 10.9. The van der Waals surface area contributed by atoms with Crippen molar-refractivity contribution in [1.29, 1.82) is 0 Å². The minimum atomic E-state index is -0.822. The second-order valence-electron chi connectivity index (χ2n) is 2.04. The van der Waals surface area contributed by atoms with E-state index in [1.54, 1.807) is 0 Å². The Bertz CT molecular complexity index is 391. The molecule has 0 spiro atoms. The van der Waals surface area contributed by atoms with Crippen molar-refractivity contribution in [2.75, 3.05) is 7.11 Å². The van der Waals surface area contributed by atoms with Crippen molar-refractivity contribution in [1.82, 2.24) is 14.5 Å². The Hall–Kier alpha value is -1.63. The molecular formula is C5H7N3O4. The molecule has 12 heavy (non-hydrogen) atoms. The molecule has 0 aliphatic heterocycles. The number of hydrogen-bond acceptors (Lipinski definition) is 4. The minimum Gasteiger partial charge on any atom is -0.364 e. The summed E-state index contributed by atoms with van der Waals surface area (Å²) in [7, 11) is 1.33. The number of hydrogen-bond donors (Lipinski definition) is 2. The van der Waals surface area contributed by atoms with Gasteiger partial charge in [0.05, 0.1) is 0 Å². The van der Waals surface area contributed by atoms with Crippen molar-refractivity contribution in [3.63, 3.8) is 0 Å². The first-order valence-electron chi connectivity index (χ1n) is 3.07. The molecule has 1 aromatic rings. The van der Waals surface area contributed by atoms with Crippen LogP contribution in [-0.2, 0) is 11.5 Å². The molecule has 1 aromatic heterocycles. The Kier molecular flexibility index (Phi) is 2.24. The average molecular weight is 173 g/mol. The molecule has 0 atom stereocenters. The Balaban J connectivity index is 3.39. The van der Waals surface area contributed by atoms with Crippen molar-refractivity contribution in [3.05, 3.63) is 31.5 Å². The summed E-state index contributed by atoms with van der Waals surface area (Å²) in [6, 6.07) is 0. The van der Waals surface area contributed by atoms with E-state index in [1.807, 2.05) is 9.97 Å². The molecule has 0 unspecified atom stereocenters. The average Bonchev–Trinajstić information content (AvgIpc) is 1.96. The fourth-order valence-electron chi connectivity index (χ4n) is 0.699. The Morgan fingerprint density at radius 3 is 2.17 bits per heavy atom. The molecule has 0 saturated heterocycles. The first kappa shape index (κ1) is 8.47. The fourth-order valence-corrected chi connectivity index (χ4v) is 0.699. The highest BCUT2D eigenvalue weighted by Gasteiger charge is 1.99. The van der Waals surface area contributed by atoms with E-state index in [2.05, 4.69) is 4.74 Å². The van der Waals surface area contributed by atoms with E-state index in [0.29, 0.717) is 0 Å². The van der Waals surface area contributed by atoms with E-state index in [1.165, 1.54) is 7.11 Å². The zero-order chi connectivity index (χ0) is 9.14. The Labute approximate surface area is 65.6 Å². The first-order chi connectivity index (χ1) is 5.65. The number of H-pyrrole nitrogens is 2. The predicted molar refractivity (Wildman–Crippen MR) is 39.0 cm³/mol. The van der Waals surface area contributed by atoms with Crippen molar-refractivity contribution in [2.45, 2.75) is 6.73 Å². The summed E-state index contributed by atoms with van der Waals surface area (Å²) in [4.78, 5) is 36.0. The zero-order valence-corrected chi connectivity index (χ0v) is 6.29. The largest absolute Gasteiger partial charge is 0.364 e. The molecule has 0 saturated carbocycles. The highest BCUT2D eigenvalue weighted by atomic mass is 16.5. The Morgan fingerprint density at radius 2 is 1.75 bits per heavy atom. The van der Waals surface area contributed by atoms with Crippen LogP contribution in [0.5, 0.6) is 0 Å². The summed E-state index contributed by atoms with van der Waals surface area (Å²) in [5.74, 6) is 0. The predicted octanol–water partition coefficient (Wildman–Crippen LogP) is -2.17. The fraction of sp³-hybridized carbons (Fsp3) is 0.400. The van der Waals surface area contributed by atoms with Gasteiger partial charge in [0.2, 0.25) is 0 Å². The molecule has 1 rings (SSSR count). The van der Waals surface area contributed by atoms with Gasteiger partial charge in [-0.1, -0.05) is 0 Å². The molecule has 7 nitrogen and oxygen atoms in total.